The summed E-state index contributed by atoms with van der Waals surface area (Å²) in [6, 6.07) is 66.4. The van der Waals surface area contributed by atoms with Crippen molar-refractivity contribution in [2.75, 3.05) is 0 Å². The molecule has 58 heavy (non-hydrogen) atoms. The van der Waals surface area contributed by atoms with Crippen LogP contribution in [0.25, 0.3) is 54.6 Å². The molecule has 2 unspecified atom stereocenters. The molecule has 0 fully saturated rings. The molecule has 0 amide bonds. The van der Waals surface area contributed by atoms with E-state index in [2.05, 4.69) is 211 Å². The smallest absolute Gasteiger partial charge is 0.0619 e. The minimum atomic E-state index is -0.551. The summed E-state index contributed by atoms with van der Waals surface area (Å²) in [7, 11) is 0. The van der Waals surface area contributed by atoms with Crippen molar-refractivity contribution in [2.24, 2.45) is 0 Å². The predicted octanol–water partition coefficient (Wildman–Crippen LogP) is 14.8. The van der Waals surface area contributed by atoms with Gasteiger partial charge in [0.2, 0.25) is 0 Å². The highest BCUT2D eigenvalue weighted by Crippen LogP contribution is 2.68. The number of rotatable bonds is 0. The SMILES string of the molecule is CC(C)(C)c1ccc2c(c1)C1(c3ccccc3-2)c2ccccc2C2(c3ccccc3-c3ccc(C(C)(C)C)cc32)c2cc3c4ccccc4c4ccccc4c3cc21. The monoisotopic (exact) mass is 742 g/mol. The minimum absolute atomic E-state index is 0.0194. The van der Waals surface area contributed by atoms with Gasteiger partial charge in [0.15, 0.2) is 0 Å². The van der Waals surface area contributed by atoms with E-state index in [0.717, 1.165) is 0 Å². The first kappa shape index (κ1) is 33.9. The van der Waals surface area contributed by atoms with Gasteiger partial charge in [-0.2, -0.15) is 0 Å². The maximum absolute atomic E-state index is 2.65. The van der Waals surface area contributed by atoms with E-state index in [9.17, 15) is 0 Å². The predicted molar refractivity (Wildman–Crippen MR) is 245 cm³/mol. The van der Waals surface area contributed by atoms with Crippen LogP contribution in [0.5, 0.6) is 0 Å². The van der Waals surface area contributed by atoms with Crippen molar-refractivity contribution in [1.82, 2.24) is 0 Å². The Morgan fingerprint density at radius 2 is 0.569 bits per heavy atom. The third-order valence-corrected chi connectivity index (χ3v) is 14.2. The summed E-state index contributed by atoms with van der Waals surface area (Å²) in [6.45, 7) is 14.1. The van der Waals surface area contributed by atoms with Crippen LogP contribution < -0.4 is 0 Å². The van der Waals surface area contributed by atoms with Gasteiger partial charge in [0.05, 0.1) is 10.8 Å². The van der Waals surface area contributed by atoms with Crippen LogP contribution in [0.3, 0.4) is 0 Å². The number of fused-ring (bicyclic) bond motifs is 22. The van der Waals surface area contributed by atoms with Gasteiger partial charge in [-0.1, -0.05) is 199 Å². The Morgan fingerprint density at radius 3 is 0.948 bits per heavy atom. The lowest BCUT2D eigenvalue weighted by Gasteiger charge is -2.49. The molecule has 9 aromatic rings. The van der Waals surface area contributed by atoms with Crippen molar-refractivity contribution in [3.8, 4) is 22.3 Å². The maximum Gasteiger partial charge on any atom is 0.0720 e. The Bertz CT molecular complexity index is 3030. The van der Waals surface area contributed by atoms with Crippen molar-refractivity contribution in [2.45, 2.75) is 63.2 Å². The molecule has 9 aromatic carbocycles. The van der Waals surface area contributed by atoms with E-state index in [0.29, 0.717) is 0 Å². The van der Waals surface area contributed by atoms with Crippen molar-refractivity contribution >= 4 is 32.3 Å². The topological polar surface area (TPSA) is 0 Å². The molecule has 0 aromatic heterocycles. The van der Waals surface area contributed by atoms with E-state index in [-0.39, 0.29) is 10.8 Å². The zero-order valence-electron chi connectivity index (χ0n) is 34.2. The van der Waals surface area contributed by atoms with Gasteiger partial charge in [0.25, 0.3) is 0 Å². The summed E-state index contributed by atoms with van der Waals surface area (Å²) in [4.78, 5) is 0. The first-order chi connectivity index (χ1) is 28.0. The second kappa shape index (κ2) is 11.2. The summed E-state index contributed by atoms with van der Waals surface area (Å²) >= 11 is 0. The van der Waals surface area contributed by atoms with Gasteiger partial charge >= 0.3 is 0 Å². The van der Waals surface area contributed by atoms with E-state index in [1.165, 1.54) is 110 Å². The molecule has 0 heterocycles. The molecule has 0 saturated carbocycles. The van der Waals surface area contributed by atoms with Gasteiger partial charge in [-0.15, -0.1) is 0 Å². The lowest BCUT2D eigenvalue weighted by Crippen LogP contribution is -2.44. The fourth-order valence-corrected chi connectivity index (χ4v) is 11.7. The summed E-state index contributed by atoms with van der Waals surface area (Å²) < 4.78 is 0. The van der Waals surface area contributed by atoms with Crippen LogP contribution in [0.2, 0.25) is 0 Å². The van der Waals surface area contributed by atoms with Gasteiger partial charge in [-0.3, -0.25) is 0 Å². The normalized spacial score (nSPS) is 18.7. The zero-order chi connectivity index (χ0) is 39.3. The molecule has 2 spiro atoms. The van der Waals surface area contributed by atoms with Crippen LogP contribution >= 0.6 is 0 Å². The Labute approximate surface area is 341 Å². The molecule has 278 valence electrons. The van der Waals surface area contributed by atoms with Gasteiger partial charge in [0, 0.05) is 0 Å². The molecule has 0 bridgehead atoms. The third-order valence-electron chi connectivity index (χ3n) is 14.2. The van der Waals surface area contributed by atoms with E-state index < -0.39 is 10.8 Å². The summed E-state index contributed by atoms with van der Waals surface area (Å²) in [5, 5.41) is 7.85. The first-order valence-electron chi connectivity index (χ1n) is 21.0. The number of hydrogen-bond donors (Lipinski definition) is 0. The Morgan fingerprint density at radius 1 is 0.259 bits per heavy atom. The van der Waals surface area contributed by atoms with Crippen LogP contribution in [0, 0.1) is 0 Å². The van der Waals surface area contributed by atoms with Gasteiger partial charge in [-0.25, -0.2) is 0 Å². The van der Waals surface area contributed by atoms with Crippen LogP contribution in [0.15, 0.2) is 170 Å². The van der Waals surface area contributed by atoms with E-state index in [4.69, 9.17) is 0 Å². The average molecular weight is 743 g/mol. The minimum Gasteiger partial charge on any atom is -0.0619 e. The molecular weight excluding hydrogens is 697 g/mol. The molecule has 0 heteroatoms. The summed E-state index contributed by atoms with van der Waals surface area (Å²) in [5.41, 5.74) is 18.0. The Hall–Kier alpha value is -6.24. The Balaban J connectivity index is 1.37. The van der Waals surface area contributed by atoms with E-state index >= 15 is 0 Å². The first-order valence-corrected chi connectivity index (χ1v) is 21.0. The highest BCUT2D eigenvalue weighted by atomic mass is 14.6. The molecular formula is C58H46. The molecule has 3 aliphatic rings. The fraction of sp³-hybridized carbons (Fsp3) is 0.172. The lowest BCUT2D eigenvalue weighted by atomic mass is 9.52. The van der Waals surface area contributed by atoms with Gasteiger partial charge in [0.1, 0.15) is 0 Å². The van der Waals surface area contributed by atoms with Crippen LogP contribution in [0.4, 0.5) is 0 Å². The zero-order valence-corrected chi connectivity index (χ0v) is 34.2. The second-order valence-electron chi connectivity index (χ2n) is 19.2. The lowest BCUT2D eigenvalue weighted by molar-refractivity contribution is 0.582. The fourth-order valence-electron chi connectivity index (χ4n) is 11.7. The van der Waals surface area contributed by atoms with Crippen molar-refractivity contribution in [1.29, 1.82) is 0 Å². The second-order valence-corrected chi connectivity index (χ2v) is 19.2. The van der Waals surface area contributed by atoms with Gasteiger partial charge in [-0.05, 0) is 133 Å². The van der Waals surface area contributed by atoms with Crippen LogP contribution in [0.1, 0.15) is 97.2 Å². The quantitative estimate of drug-likeness (QED) is 0.136. The third kappa shape index (κ3) is 4.06. The molecule has 2 atom stereocenters. The Kier molecular flexibility index (Phi) is 6.56. The van der Waals surface area contributed by atoms with Gasteiger partial charge < -0.3 is 0 Å². The van der Waals surface area contributed by atoms with Crippen LogP contribution in [-0.2, 0) is 21.7 Å². The molecule has 12 rings (SSSR count). The average Bonchev–Trinajstić information content (AvgIpc) is 3.70. The molecule has 0 radical (unpaired) electrons. The number of benzene rings is 9. The molecule has 0 saturated heterocycles. The molecule has 0 aliphatic heterocycles. The van der Waals surface area contributed by atoms with E-state index in [1.54, 1.807) is 0 Å². The largest absolute Gasteiger partial charge is 0.0720 e. The highest BCUT2D eigenvalue weighted by Gasteiger charge is 2.59. The highest BCUT2D eigenvalue weighted by molar-refractivity contribution is 6.26. The van der Waals surface area contributed by atoms with Crippen molar-refractivity contribution in [3.63, 3.8) is 0 Å². The van der Waals surface area contributed by atoms with Crippen LogP contribution in [-0.4, -0.2) is 0 Å². The van der Waals surface area contributed by atoms with E-state index in [1.807, 2.05) is 0 Å². The maximum atomic E-state index is 2.65. The van der Waals surface area contributed by atoms with Crippen molar-refractivity contribution in [3.05, 3.63) is 225 Å². The standard InChI is InChI=1S/C58H46/c1-55(2,3)35-27-29-43-41-21-11-13-23-47(41)57(51(43)31-35)49-25-15-16-26-50(49)58(48-24-14-12-22-42(48)44-30-28-36(32-52(44)58)56(4,5)6)54-34-46-40-20-10-8-18-38(40)37-17-7-9-19-39(37)45(46)33-53(54)57/h7-34H,1-6H3. The molecule has 0 nitrogen and oxygen atoms in total. The van der Waals surface area contributed by atoms with Crippen molar-refractivity contribution < 1.29 is 0 Å². The number of hydrogen-bond acceptors (Lipinski definition) is 0. The summed E-state index contributed by atoms with van der Waals surface area (Å²) in [6.07, 6.45) is 0. The molecule has 0 N–H and O–H groups in total. The molecule has 3 aliphatic carbocycles. The summed E-state index contributed by atoms with van der Waals surface area (Å²) in [5.74, 6) is 0.